The lowest BCUT2D eigenvalue weighted by Crippen LogP contribution is -2.45. The van der Waals surface area contributed by atoms with Crippen LogP contribution >= 0.6 is 0 Å². The highest BCUT2D eigenvalue weighted by Crippen LogP contribution is 2.37. The normalized spacial score (nSPS) is 22.2. The maximum atomic E-state index is 12.7. The molecule has 0 amide bonds. The summed E-state index contributed by atoms with van der Waals surface area (Å²) in [5.41, 5.74) is 0.950. The molecule has 1 fully saturated rings. The van der Waals surface area contributed by atoms with Crippen molar-refractivity contribution in [2.75, 3.05) is 6.54 Å². The molecule has 0 radical (unpaired) electrons. The molecular formula is C17H24F3N3O. The maximum Gasteiger partial charge on any atom is 0.391 e. The van der Waals surface area contributed by atoms with E-state index in [0.29, 0.717) is 31.9 Å². The molecule has 0 bridgehead atoms. The Hall–Kier alpha value is -1.92. The molecule has 24 heavy (non-hydrogen) atoms. The molecule has 2 rings (SSSR count). The molecule has 0 heterocycles. The number of aromatic hydroxyl groups is 1. The molecular weight excluding hydrogens is 319 g/mol. The molecule has 0 spiro atoms. The van der Waals surface area contributed by atoms with Crippen molar-refractivity contribution in [2.24, 2.45) is 10.9 Å². The van der Waals surface area contributed by atoms with Crippen molar-refractivity contribution in [3.8, 4) is 5.75 Å². The molecule has 3 N–H and O–H groups in total. The largest absolute Gasteiger partial charge is 0.508 e. The Morgan fingerprint density at radius 1 is 1.17 bits per heavy atom. The fourth-order valence-corrected chi connectivity index (χ4v) is 2.85. The van der Waals surface area contributed by atoms with E-state index in [-0.39, 0.29) is 24.6 Å². The monoisotopic (exact) mass is 343 g/mol. The van der Waals surface area contributed by atoms with Crippen LogP contribution in [0.3, 0.4) is 0 Å². The molecule has 134 valence electrons. The summed E-state index contributed by atoms with van der Waals surface area (Å²) in [5.74, 6) is -0.359. The number of alkyl halides is 3. The summed E-state index contributed by atoms with van der Waals surface area (Å²) in [7, 11) is 0. The minimum atomic E-state index is -4.08. The average Bonchev–Trinajstić information content (AvgIpc) is 2.54. The van der Waals surface area contributed by atoms with Gasteiger partial charge in [0, 0.05) is 12.6 Å². The van der Waals surface area contributed by atoms with Crippen molar-refractivity contribution in [1.29, 1.82) is 0 Å². The Morgan fingerprint density at radius 2 is 1.79 bits per heavy atom. The van der Waals surface area contributed by atoms with E-state index in [0.717, 1.165) is 5.56 Å². The Labute approximate surface area is 140 Å². The van der Waals surface area contributed by atoms with Crippen molar-refractivity contribution >= 4 is 5.96 Å². The van der Waals surface area contributed by atoms with Crippen molar-refractivity contribution in [1.82, 2.24) is 10.6 Å². The Bertz CT molecular complexity index is 535. The summed E-state index contributed by atoms with van der Waals surface area (Å²) in [6.45, 7) is 3.06. The number of benzene rings is 1. The van der Waals surface area contributed by atoms with Crippen LogP contribution in [-0.2, 0) is 6.54 Å². The van der Waals surface area contributed by atoms with E-state index in [9.17, 15) is 18.3 Å². The first-order valence-electron chi connectivity index (χ1n) is 8.28. The van der Waals surface area contributed by atoms with E-state index in [1.165, 1.54) is 0 Å². The van der Waals surface area contributed by atoms with Gasteiger partial charge in [-0.15, -0.1) is 0 Å². The molecule has 7 heteroatoms. The van der Waals surface area contributed by atoms with Crippen LogP contribution < -0.4 is 10.6 Å². The molecule has 1 aliphatic carbocycles. The van der Waals surface area contributed by atoms with Crippen LogP contribution in [-0.4, -0.2) is 29.8 Å². The van der Waals surface area contributed by atoms with Gasteiger partial charge in [0.15, 0.2) is 5.96 Å². The van der Waals surface area contributed by atoms with Gasteiger partial charge in [0.2, 0.25) is 0 Å². The van der Waals surface area contributed by atoms with Gasteiger partial charge in [0.1, 0.15) is 5.75 Å². The SMILES string of the molecule is CCNC(=NCc1ccc(O)cc1)NC1CCC(C(F)(F)F)CC1. The summed E-state index contributed by atoms with van der Waals surface area (Å²) in [6, 6.07) is 6.79. The molecule has 4 nitrogen and oxygen atoms in total. The van der Waals surface area contributed by atoms with Crippen LogP contribution in [0.2, 0.25) is 0 Å². The lowest BCUT2D eigenvalue weighted by molar-refractivity contribution is -0.182. The Balaban J connectivity index is 1.89. The second kappa shape index (κ2) is 8.26. The molecule has 0 unspecified atom stereocenters. The number of guanidine groups is 1. The first kappa shape index (κ1) is 18.4. The molecule has 1 aromatic carbocycles. The predicted octanol–water partition coefficient (Wildman–Crippen LogP) is 3.57. The number of aliphatic imine (C=N–C) groups is 1. The van der Waals surface area contributed by atoms with E-state index in [1.54, 1.807) is 24.3 Å². The summed E-state index contributed by atoms with van der Waals surface area (Å²) in [4.78, 5) is 4.47. The number of halogens is 3. The quantitative estimate of drug-likeness (QED) is 0.579. The third kappa shape index (κ3) is 5.62. The van der Waals surface area contributed by atoms with E-state index in [1.807, 2.05) is 6.92 Å². The number of nitrogens with one attached hydrogen (secondary N) is 2. The van der Waals surface area contributed by atoms with Gasteiger partial charge in [-0.3, -0.25) is 0 Å². The van der Waals surface area contributed by atoms with E-state index < -0.39 is 12.1 Å². The van der Waals surface area contributed by atoms with E-state index in [4.69, 9.17) is 0 Å². The predicted molar refractivity (Wildman–Crippen MR) is 87.9 cm³/mol. The first-order chi connectivity index (χ1) is 11.4. The van der Waals surface area contributed by atoms with Gasteiger partial charge in [-0.2, -0.15) is 13.2 Å². The first-order valence-corrected chi connectivity index (χ1v) is 8.28. The fourth-order valence-electron chi connectivity index (χ4n) is 2.85. The van der Waals surface area contributed by atoms with Gasteiger partial charge in [-0.1, -0.05) is 12.1 Å². The number of hydrogen-bond acceptors (Lipinski definition) is 2. The number of nitrogens with zero attached hydrogens (tertiary/aromatic N) is 1. The van der Waals surface area contributed by atoms with Gasteiger partial charge >= 0.3 is 6.18 Å². The van der Waals surface area contributed by atoms with Crippen LogP contribution in [0.25, 0.3) is 0 Å². The summed E-state index contributed by atoms with van der Waals surface area (Å²) in [6.07, 6.45) is -2.76. The van der Waals surface area contributed by atoms with Gasteiger partial charge < -0.3 is 15.7 Å². The van der Waals surface area contributed by atoms with Crippen LogP contribution in [0, 0.1) is 5.92 Å². The second-order valence-electron chi connectivity index (χ2n) is 6.10. The van der Waals surface area contributed by atoms with Gasteiger partial charge in [0.05, 0.1) is 12.5 Å². The highest BCUT2D eigenvalue weighted by Gasteiger charge is 2.41. The lowest BCUT2D eigenvalue weighted by Gasteiger charge is -2.31. The van der Waals surface area contributed by atoms with Crippen molar-refractivity contribution < 1.29 is 18.3 Å². The molecule has 1 saturated carbocycles. The van der Waals surface area contributed by atoms with Crippen molar-refractivity contribution in [3.05, 3.63) is 29.8 Å². The Kier molecular flexibility index (Phi) is 6.34. The number of phenols is 1. The van der Waals surface area contributed by atoms with E-state index >= 15 is 0 Å². The zero-order valence-corrected chi connectivity index (χ0v) is 13.7. The zero-order valence-electron chi connectivity index (χ0n) is 13.7. The molecule has 1 aromatic rings. The van der Waals surface area contributed by atoms with Crippen molar-refractivity contribution in [2.45, 2.75) is 51.4 Å². The average molecular weight is 343 g/mol. The van der Waals surface area contributed by atoms with E-state index in [2.05, 4.69) is 15.6 Å². The van der Waals surface area contributed by atoms with Gasteiger partial charge in [-0.05, 0) is 50.3 Å². The lowest BCUT2D eigenvalue weighted by atomic mass is 9.85. The van der Waals surface area contributed by atoms with Crippen LogP contribution in [0.4, 0.5) is 13.2 Å². The standard InChI is InChI=1S/C17H24F3N3O/c1-2-21-16(22-11-12-3-9-15(24)10-4-12)23-14-7-5-13(6-8-14)17(18,19)20/h3-4,9-10,13-14,24H,2,5-8,11H2,1H3,(H2,21,22,23). The number of phenolic OH excluding ortho intramolecular Hbond substituents is 1. The third-order valence-electron chi connectivity index (χ3n) is 4.23. The van der Waals surface area contributed by atoms with Gasteiger partial charge in [-0.25, -0.2) is 4.99 Å². The Morgan fingerprint density at radius 3 is 2.33 bits per heavy atom. The fraction of sp³-hybridized carbons (Fsp3) is 0.588. The summed E-state index contributed by atoms with van der Waals surface area (Å²) < 4.78 is 38.1. The molecule has 1 aliphatic rings. The topological polar surface area (TPSA) is 56.7 Å². The number of rotatable bonds is 4. The second-order valence-corrected chi connectivity index (χ2v) is 6.10. The molecule has 0 aromatic heterocycles. The minimum Gasteiger partial charge on any atom is -0.508 e. The maximum absolute atomic E-state index is 12.7. The molecule has 0 atom stereocenters. The smallest absolute Gasteiger partial charge is 0.391 e. The van der Waals surface area contributed by atoms with Crippen LogP contribution in [0.15, 0.2) is 29.3 Å². The van der Waals surface area contributed by atoms with Gasteiger partial charge in [0.25, 0.3) is 0 Å². The molecule has 0 aliphatic heterocycles. The number of hydrogen-bond donors (Lipinski definition) is 3. The third-order valence-corrected chi connectivity index (χ3v) is 4.23. The van der Waals surface area contributed by atoms with Crippen molar-refractivity contribution in [3.63, 3.8) is 0 Å². The highest BCUT2D eigenvalue weighted by molar-refractivity contribution is 5.80. The highest BCUT2D eigenvalue weighted by atomic mass is 19.4. The summed E-state index contributed by atoms with van der Waals surface area (Å²) in [5, 5.41) is 15.6. The zero-order chi connectivity index (χ0) is 17.6. The molecule has 0 saturated heterocycles. The van der Waals surface area contributed by atoms with Crippen LogP contribution in [0.5, 0.6) is 5.75 Å². The van der Waals surface area contributed by atoms with Crippen LogP contribution in [0.1, 0.15) is 38.2 Å². The minimum absolute atomic E-state index is 0.0150. The summed E-state index contributed by atoms with van der Waals surface area (Å²) >= 11 is 0.